The molecule has 3 heteroatoms. The molecule has 74 valence electrons. The van der Waals surface area contributed by atoms with Crippen molar-refractivity contribution in [3.05, 3.63) is 42.5 Å². The van der Waals surface area contributed by atoms with Crippen LogP contribution in [0.5, 0.6) is 5.75 Å². The molecule has 3 nitrogen and oxygen atoms in total. The molecule has 0 fully saturated rings. The molecule has 1 rings (SSSR count). The molecule has 0 aromatic heterocycles. The Bertz CT molecular complexity index is 317. The van der Waals surface area contributed by atoms with Gasteiger partial charge in [0.05, 0.1) is 0 Å². The topological polar surface area (TPSA) is 49.3 Å². The minimum atomic E-state index is -0.0481. The zero-order valence-corrected chi connectivity index (χ0v) is 7.86. The van der Waals surface area contributed by atoms with Crippen molar-refractivity contribution in [2.45, 2.75) is 13.0 Å². The molecule has 1 aromatic carbocycles. The minimum Gasteiger partial charge on any atom is -0.508 e. The Morgan fingerprint density at radius 3 is 2.64 bits per heavy atom. The number of hydrogen-bond donors (Lipinski definition) is 2. The summed E-state index contributed by atoms with van der Waals surface area (Å²) in [6.45, 7) is 3.95. The molecule has 0 radical (unpaired) electrons. The third kappa shape index (κ3) is 3.31. The van der Waals surface area contributed by atoms with Gasteiger partial charge in [0.25, 0.3) is 0 Å². The first-order chi connectivity index (χ1) is 6.72. The highest BCUT2D eigenvalue weighted by atomic mass is 16.3. The van der Waals surface area contributed by atoms with Crippen LogP contribution in [0.3, 0.4) is 0 Å². The molecule has 2 N–H and O–H groups in total. The van der Waals surface area contributed by atoms with E-state index >= 15 is 0 Å². The predicted octanol–water partition coefficient (Wildman–Crippen LogP) is 1.58. The van der Waals surface area contributed by atoms with Gasteiger partial charge in [-0.3, -0.25) is 4.79 Å². The number of aromatic hydroxyl groups is 1. The number of carbonyl (C=O) groups excluding carboxylic acids is 1. The SMILES string of the molecule is C=CCC(=O)NCc1ccc(O)cc1. The molecule has 1 aromatic rings. The molecule has 14 heavy (non-hydrogen) atoms. The third-order valence-electron chi connectivity index (χ3n) is 1.76. The quantitative estimate of drug-likeness (QED) is 0.710. The normalized spacial score (nSPS) is 9.43. The lowest BCUT2D eigenvalue weighted by atomic mass is 10.2. The average Bonchev–Trinajstić information content (AvgIpc) is 2.17. The molecule has 0 aliphatic carbocycles. The summed E-state index contributed by atoms with van der Waals surface area (Å²) in [5, 5.41) is 11.7. The Hall–Kier alpha value is -1.77. The highest BCUT2D eigenvalue weighted by molar-refractivity contribution is 5.77. The van der Waals surface area contributed by atoms with Crippen LogP contribution >= 0.6 is 0 Å². The third-order valence-corrected chi connectivity index (χ3v) is 1.76. The van der Waals surface area contributed by atoms with Crippen LogP contribution < -0.4 is 5.32 Å². The van der Waals surface area contributed by atoms with Crippen molar-refractivity contribution < 1.29 is 9.90 Å². The number of phenolic OH excluding ortho intramolecular Hbond substituents is 1. The Kier molecular flexibility index (Phi) is 3.73. The summed E-state index contributed by atoms with van der Waals surface area (Å²) < 4.78 is 0. The molecule has 0 atom stereocenters. The molecule has 0 saturated carbocycles. The second-order valence-electron chi connectivity index (χ2n) is 2.94. The first-order valence-electron chi connectivity index (χ1n) is 4.38. The maximum Gasteiger partial charge on any atom is 0.224 e. The fourth-order valence-corrected chi connectivity index (χ4v) is 1.02. The zero-order chi connectivity index (χ0) is 10.4. The summed E-state index contributed by atoms with van der Waals surface area (Å²) in [6, 6.07) is 6.72. The standard InChI is InChI=1S/C11H13NO2/c1-2-3-11(14)12-8-9-4-6-10(13)7-5-9/h2,4-7,13H,1,3,8H2,(H,12,14). The predicted molar refractivity (Wildman–Crippen MR) is 54.8 cm³/mol. The van der Waals surface area contributed by atoms with E-state index in [1.54, 1.807) is 30.3 Å². The molecule has 0 spiro atoms. The molecule has 0 heterocycles. The van der Waals surface area contributed by atoms with Gasteiger partial charge in [0, 0.05) is 13.0 Å². The van der Waals surface area contributed by atoms with Gasteiger partial charge in [-0.25, -0.2) is 0 Å². The Balaban J connectivity index is 2.41. The second-order valence-corrected chi connectivity index (χ2v) is 2.94. The Morgan fingerprint density at radius 2 is 2.07 bits per heavy atom. The van der Waals surface area contributed by atoms with E-state index in [-0.39, 0.29) is 11.7 Å². The molecule has 0 aliphatic heterocycles. The van der Waals surface area contributed by atoms with Gasteiger partial charge < -0.3 is 10.4 Å². The minimum absolute atomic E-state index is 0.0481. The van der Waals surface area contributed by atoms with E-state index in [4.69, 9.17) is 5.11 Å². The summed E-state index contributed by atoms with van der Waals surface area (Å²) in [6.07, 6.45) is 1.89. The lowest BCUT2D eigenvalue weighted by molar-refractivity contribution is -0.120. The van der Waals surface area contributed by atoms with E-state index in [9.17, 15) is 4.79 Å². The average molecular weight is 191 g/mol. The van der Waals surface area contributed by atoms with Gasteiger partial charge in [-0.15, -0.1) is 6.58 Å². The van der Waals surface area contributed by atoms with Crippen molar-refractivity contribution in [3.63, 3.8) is 0 Å². The van der Waals surface area contributed by atoms with Gasteiger partial charge in [0.1, 0.15) is 5.75 Å². The molecule has 1 amide bonds. The van der Waals surface area contributed by atoms with Crippen molar-refractivity contribution in [1.82, 2.24) is 5.32 Å². The number of phenols is 1. The number of amides is 1. The smallest absolute Gasteiger partial charge is 0.224 e. The summed E-state index contributed by atoms with van der Waals surface area (Å²) in [5.41, 5.74) is 0.959. The van der Waals surface area contributed by atoms with Gasteiger partial charge in [-0.1, -0.05) is 18.2 Å². The maximum absolute atomic E-state index is 11.1. The van der Waals surface area contributed by atoms with Crippen molar-refractivity contribution in [1.29, 1.82) is 0 Å². The fourth-order valence-electron chi connectivity index (χ4n) is 1.02. The summed E-state index contributed by atoms with van der Waals surface area (Å²) >= 11 is 0. The van der Waals surface area contributed by atoms with E-state index in [0.717, 1.165) is 5.56 Å². The monoisotopic (exact) mass is 191 g/mol. The number of rotatable bonds is 4. The van der Waals surface area contributed by atoms with Crippen LogP contribution in [0.4, 0.5) is 0 Å². The van der Waals surface area contributed by atoms with E-state index in [2.05, 4.69) is 11.9 Å². The van der Waals surface area contributed by atoms with Crippen LogP contribution in [0.1, 0.15) is 12.0 Å². The van der Waals surface area contributed by atoms with E-state index < -0.39 is 0 Å². The van der Waals surface area contributed by atoms with Crippen molar-refractivity contribution in [3.8, 4) is 5.75 Å². The summed E-state index contributed by atoms with van der Waals surface area (Å²) in [4.78, 5) is 11.1. The second kappa shape index (κ2) is 5.07. The van der Waals surface area contributed by atoms with Crippen LogP contribution in [-0.4, -0.2) is 11.0 Å². The van der Waals surface area contributed by atoms with Gasteiger partial charge in [-0.05, 0) is 17.7 Å². The number of carbonyl (C=O) groups is 1. The van der Waals surface area contributed by atoms with E-state index in [1.807, 2.05) is 0 Å². The number of benzene rings is 1. The van der Waals surface area contributed by atoms with Crippen LogP contribution in [-0.2, 0) is 11.3 Å². The van der Waals surface area contributed by atoms with E-state index in [1.165, 1.54) is 0 Å². The fraction of sp³-hybridized carbons (Fsp3) is 0.182. The summed E-state index contributed by atoms with van der Waals surface area (Å²) in [5.74, 6) is 0.180. The van der Waals surface area contributed by atoms with Crippen LogP contribution in [0.25, 0.3) is 0 Å². The first kappa shape index (κ1) is 10.3. The number of hydrogen-bond acceptors (Lipinski definition) is 2. The molecule has 0 unspecified atom stereocenters. The lowest BCUT2D eigenvalue weighted by Crippen LogP contribution is -2.21. The lowest BCUT2D eigenvalue weighted by Gasteiger charge is -2.03. The van der Waals surface area contributed by atoms with Crippen LogP contribution in [0.2, 0.25) is 0 Å². The molecule has 0 aliphatic rings. The first-order valence-corrected chi connectivity index (χ1v) is 4.38. The van der Waals surface area contributed by atoms with Crippen molar-refractivity contribution in [2.75, 3.05) is 0 Å². The van der Waals surface area contributed by atoms with Gasteiger partial charge in [0.2, 0.25) is 5.91 Å². The van der Waals surface area contributed by atoms with Gasteiger partial charge in [0.15, 0.2) is 0 Å². The van der Waals surface area contributed by atoms with Gasteiger partial charge >= 0.3 is 0 Å². The Labute approximate surface area is 83.1 Å². The maximum atomic E-state index is 11.1. The molecular weight excluding hydrogens is 178 g/mol. The largest absolute Gasteiger partial charge is 0.508 e. The zero-order valence-electron chi connectivity index (χ0n) is 7.86. The number of nitrogens with one attached hydrogen (secondary N) is 1. The molecular formula is C11H13NO2. The van der Waals surface area contributed by atoms with Crippen molar-refractivity contribution >= 4 is 5.91 Å². The highest BCUT2D eigenvalue weighted by Gasteiger charge is 1.97. The van der Waals surface area contributed by atoms with Crippen molar-refractivity contribution in [2.24, 2.45) is 0 Å². The molecule has 0 saturated heterocycles. The van der Waals surface area contributed by atoms with Crippen LogP contribution in [0, 0.1) is 0 Å². The van der Waals surface area contributed by atoms with E-state index in [0.29, 0.717) is 13.0 Å². The van der Waals surface area contributed by atoms with Crippen LogP contribution in [0.15, 0.2) is 36.9 Å². The highest BCUT2D eigenvalue weighted by Crippen LogP contribution is 2.09. The summed E-state index contributed by atoms with van der Waals surface area (Å²) in [7, 11) is 0. The van der Waals surface area contributed by atoms with Gasteiger partial charge in [-0.2, -0.15) is 0 Å². The Morgan fingerprint density at radius 1 is 1.43 bits per heavy atom. The molecule has 0 bridgehead atoms.